The van der Waals surface area contributed by atoms with Crippen LogP contribution in [0, 0.1) is 0 Å². The Morgan fingerprint density at radius 2 is 1.48 bits per heavy atom. The summed E-state index contributed by atoms with van der Waals surface area (Å²) in [7, 11) is -2.18. The monoisotopic (exact) mass is 400 g/mol. The molecule has 3 rings (SSSR count). The standard InChI is InChI=1S/C20H17ClN2O3S/c1-23(27(25,26)19-5-3-2-4-6-19)18-13-7-15(8-14-18)20(24)22-17-11-9-16(21)10-12-17/h2-14H,1H3,(H,22,24). The van der Waals surface area contributed by atoms with Crippen LogP contribution >= 0.6 is 11.6 Å². The number of nitrogens with zero attached hydrogens (tertiary/aromatic N) is 1. The molecule has 0 bridgehead atoms. The van der Waals surface area contributed by atoms with Gasteiger partial charge in [-0.2, -0.15) is 0 Å². The number of halogens is 1. The molecule has 1 amide bonds. The molecule has 7 heteroatoms. The van der Waals surface area contributed by atoms with E-state index in [2.05, 4.69) is 5.32 Å². The summed E-state index contributed by atoms with van der Waals surface area (Å²) in [6, 6.07) is 21.3. The molecule has 0 fully saturated rings. The molecule has 0 aliphatic rings. The number of hydrogen-bond acceptors (Lipinski definition) is 3. The first-order valence-corrected chi connectivity index (χ1v) is 9.91. The maximum atomic E-state index is 12.7. The molecule has 0 saturated carbocycles. The smallest absolute Gasteiger partial charge is 0.264 e. The van der Waals surface area contributed by atoms with Crippen molar-refractivity contribution in [3.8, 4) is 0 Å². The zero-order valence-corrected chi connectivity index (χ0v) is 16.0. The van der Waals surface area contributed by atoms with Gasteiger partial charge in [-0.1, -0.05) is 29.8 Å². The third kappa shape index (κ3) is 4.30. The maximum absolute atomic E-state index is 12.7. The molecule has 27 heavy (non-hydrogen) atoms. The van der Waals surface area contributed by atoms with Crippen molar-refractivity contribution in [2.75, 3.05) is 16.7 Å². The Hall–Kier alpha value is -2.83. The van der Waals surface area contributed by atoms with E-state index in [1.54, 1.807) is 78.9 Å². The quantitative estimate of drug-likeness (QED) is 0.689. The fraction of sp³-hybridized carbons (Fsp3) is 0.0500. The molecule has 0 heterocycles. The van der Waals surface area contributed by atoms with Crippen molar-refractivity contribution in [3.05, 3.63) is 89.4 Å². The van der Waals surface area contributed by atoms with Crippen LogP contribution in [0.4, 0.5) is 11.4 Å². The number of sulfonamides is 1. The summed E-state index contributed by atoms with van der Waals surface area (Å²) in [6.45, 7) is 0. The minimum Gasteiger partial charge on any atom is -0.322 e. The lowest BCUT2D eigenvalue weighted by molar-refractivity contribution is 0.102. The van der Waals surface area contributed by atoms with Crippen LogP contribution in [0.2, 0.25) is 5.02 Å². The Balaban J connectivity index is 1.76. The molecule has 138 valence electrons. The highest BCUT2D eigenvalue weighted by molar-refractivity contribution is 7.92. The second kappa shape index (κ2) is 7.82. The lowest BCUT2D eigenvalue weighted by Crippen LogP contribution is -2.26. The Labute approximate surface area is 163 Å². The first-order chi connectivity index (χ1) is 12.9. The zero-order valence-electron chi connectivity index (χ0n) is 14.5. The number of amides is 1. The van der Waals surface area contributed by atoms with Gasteiger partial charge < -0.3 is 5.32 Å². The van der Waals surface area contributed by atoms with E-state index in [0.29, 0.717) is 22.0 Å². The molecule has 0 unspecified atom stereocenters. The Morgan fingerprint density at radius 1 is 0.889 bits per heavy atom. The van der Waals surface area contributed by atoms with Crippen molar-refractivity contribution in [3.63, 3.8) is 0 Å². The molecule has 0 spiro atoms. The molecule has 0 atom stereocenters. The first-order valence-electron chi connectivity index (χ1n) is 8.09. The molecule has 3 aromatic carbocycles. The largest absolute Gasteiger partial charge is 0.322 e. The number of carbonyl (C=O) groups excluding carboxylic acids is 1. The summed E-state index contributed by atoms with van der Waals surface area (Å²) in [4.78, 5) is 12.5. The highest BCUT2D eigenvalue weighted by Crippen LogP contribution is 2.22. The van der Waals surface area contributed by atoms with E-state index in [9.17, 15) is 13.2 Å². The van der Waals surface area contributed by atoms with E-state index >= 15 is 0 Å². The molecule has 0 aliphatic carbocycles. The van der Waals surface area contributed by atoms with Gasteiger partial charge in [-0.05, 0) is 60.7 Å². The van der Waals surface area contributed by atoms with Gasteiger partial charge in [0.05, 0.1) is 10.6 Å². The van der Waals surface area contributed by atoms with Crippen LogP contribution in [0.25, 0.3) is 0 Å². The summed E-state index contributed by atoms with van der Waals surface area (Å²) in [5.74, 6) is -0.294. The Kier molecular flexibility index (Phi) is 5.48. The van der Waals surface area contributed by atoms with Crippen LogP contribution < -0.4 is 9.62 Å². The van der Waals surface area contributed by atoms with Crippen molar-refractivity contribution in [1.82, 2.24) is 0 Å². The Bertz CT molecular complexity index is 1030. The first kappa shape index (κ1) is 18.9. The average molecular weight is 401 g/mol. The molecular formula is C20H17ClN2O3S. The van der Waals surface area contributed by atoms with Crippen LogP contribution in [-0.4, -0.2) is 21.4 Å². The van der Waals surface area contributed by atoms with Gasteiger partial charge in [-0.15, -0.1) is 0 Å². The fourth-order valence-electron chi connectivity index (χ4n) is 2.45. The van der Waals surface area contributed by atoms with Crippen molar-refractivity contribution >= 4 is 38.9 Å². The van der Waals surface area contributed by atoms with Gasteiger partial charge in [0.25, 0.3) is 15.9 Å². The predicted molar refractivity (Wildman–Crippen MR) is 108 cm³/mol. The second-order valence-electron chi connectivity index (χ2n) is 5.79. The van der Waals surface area contributed by atoms with Crippen LogP contribution in [0.15, 0.2) is 83.8 Å². The number of rotatable bonds is 5. The highest BCUT2D eigenvalue weighted by Gasteiger charge is 2.21. The summed E-state index contributed by atoms with van der Waals surface area (Å²) in [6.07, 6.45) is 0. The minimum atomic E-state index is -3.66. The van der Waals surface area contributed by atoms with Gasteiger partial charge in [0, 0.05) is 23.3 Å². The van der Waals surface area contributed by atoms with Gasteiger partial charge in [0.15, 0.2) is 0 Å². The average Bonchev–Trinajstić information content (AvgIpc) is 2.70. The van der Waals surface area contributed by atoms with Crippen LogP contribution in [-0.2, 0) is 10.0 Å². The lowest BCUT2D eigenvalue weighted by atomic mass is 10.2. The van der Waals surface area contributed by atoms with Crippen molar-refractivity contribution in [2.45, 2.75) is 4.90 Å². The van der Waals surface area contributed by atoms with Crippen molar-refractivity contribution in [2.24, 2.45) is 0 Å². The third-order valence-corrected chi connectivity index (χ3v) is 6.05. The summed E-state index contributed by atoms with van der Waals surface area (Å²) in [5, 5.41) is 3.34. The lowest BCUT2D eigenvalue weighted by Gasteiger charge is -2.19. The SMILES string of the molecule is CN(c1ccc(C(=O)Nc2ccc(Cl)cc2)cc1)S(=O)(=O)c1ccccc1. The van der Waals surface area contributed by atoms with Gasteiger partial charge >= 0.3 is 0 Å². The van der Waals surface area contributed by atoms with Crippen LogP contribution in [0.1, 0.15) is 10.4 Å². The number of benzene rings is 3. The number of hydrogen-bond donors (Lipinski definition) is 1. The number of nitrogens with one attached hydrogen (secondary N) is 1. The van der Waals surface area contributed by atoms with Crippen molar-refractivity contribution in [1.29, 1.82) is 0 Å². The van der Waals surface area contributed by atoms with Gasteiger partial charge in [-0.25, -0.2) is 8.42 Å². The van der Waals surface area contributed by atoms with Crippen LogP contribution in [0.5, 0.6) is 0 Å². The zero-order chi connectivity index (χ0) is 19.4. The van der Waals surface area contributed by atoms with E-state index in [4.69, 9.17) is 11.6 Å². The molecule has 0 aromatic heterocycles. The third-order valence-electron chi connectivity index (χ3n) is 4.00. The summed E-state index contributed by atoms with van der Waals surface area (Å²) < 4.78 is 26.5. The topological polar surface area (TPSA) is 66.5 Å². The van der Waals surface area contributed by atoms with E-state index in [0.717, 1.165) is 0 Å². The van der Waals surface area contributed by atoms with E-state index in [1.165, 1.54) is 11.4 Å². The molecular weight excluding hydrogens is 384 g/mol. The number of anilines is 2. The fourth-order valence-corrected chi connectivity index (χ4v) is 3.79. The van der Waals surface area contributed by atoms with Gasteiger partial charge in [0.2, 0.25) is 0 Å². The van der Waals surface area contributed by atoms with E-state index in [1.807, 2.05) is 0 Å². The molecule has 1 N–H and O–H groups in total. The molecule has 0 saturated heterocycles. The summed E-state index contributed by atoms with van der Waals surface area (Å²) in [5.41, 5.74) is 1.50. The molecule has 3 aromatic rings. The minimum absolute atomic E-state index is 0.206. The Morgan fingerprint density at radius 3 is 2.07 bits per heavy atom. The molecule has 5 nitrogen and oxygen atoms in total. The second-order valence-corrected chi connectivity index (χ2v) is 8.20. The highest BCUT2D eigenvalue weighted by atomic mass is 35.5. The predicted octanol–water partition coefficient (Wildman–Crippen LogP) is 4.42. The van der Waals surface area contributed by atoms with E-state index < -0.39 is 10.0 Å². The number of carbonyl (C=O) groups is 1. The maximum Gasteiger partial charge on any atom is 0.264 e. The normalized spacial score (nSPS) is 11.0. The molecule has 0 aliphatic heterocycles. The van der Waals surface area contributed by atoms with Gasteiger partial charge in [0.1, 0.15) is 0 Å². The van der Waals surface area contributed by atoms with Crippen molar-refractivity contribution < 1.29 is 13.2 Å². The van der Waals surface area contributed by atoms with E-state index in [-0.39, 0.29) is 10.8 Å². The summed E-state index contributed by atoms with van der Waals surface area (Å²) >= 11 is 5.83. The van der Waals surface area contributed by atoms with Gasteiger partial charge in [-0.3, -0.25) is 9.10 Å². The van der Waals surface area contributed by atoms with Crippen LogP contribution in [0.3, 0.4) is 0 Å². The molecule has 0 radical (unpaired) electrons.